The molecule has 0 atom stereocenters. The van der Waals surface area contributed by atoms with Gasteiger partial charge in [0.05, 0.1) is 5.92 Å². The van der Waals surface area contributed by atoms with Crippen molar-refractivity contribution in [1.82, 2.24) is 0 Å². The van der Waals surface area contributed by atoms with Gasteiger partial charge in [0.1, 0.15) is 6.10 Å². The van der Waals surface area contributed by atoms with E-state index >= 15 is 0 Å². The molecular formula is C12H15F2O7S-. The molecule has 22 heavy (non-hydrogen) atoms. The summed E-state index contributed by atoms with van der Waals surface area (Å²) >= 11 is 0. The van der Waals surface area contributed by atoms with Gasteiger partial charge in [0.15, 0.2) is 16.7 Å². The third-order valence-corrected chi connectivity index (χ3v) is 4.05. The Balaban J connectivity index is 2.43. The van der Waals surface area contributed by atoms with E-state index < -0.39 is 45.9 Å². The predicted molar refractivity (Wildman–Crippen MR) is 67.6 cm³/mol. The van der Waals surface area contributed by atoms with Crippen molar-refractivity contribution >= 4 is 22.1 Å². The molecule has 0 aromatic carbocycles. The summed E-state index contributed by atoms with van der Waals surface area (Å²) in [5, 5.41) is -4.65. The number of carbonyl (C=O) groups is 2. The molecule has 1 rings (SSSR count). The lowest BCUT2D eigenvalue weighted by Gasteiger charge is -2.27. The standard InChI is InChI=1S/C12H16F2O7S/c1-2-10(15)21-9-5-3-8(4-6-9)11(16)20-7-12(13,14)22(17,18)19/h2,8-9H,1,3-7H2,(H,17,18,19)/p-1. The minimum absolute atomic E-state index is 0.240. The minimum Gasteiger partial charge on any atom is -0.743 e. The van der Waals surface area contributed by atoms with E-state index in [4.69, 9.17) is 4.74 Å². The molecule has 0 amide bonds. The Morgan fingerprint density at radius 2 is 1.82 bits per heavy atom. The van der Waals surface area contributed by atoms with Crippen LogP contribution in [-0.2, 0) is 29.2 Å². The lowest BCUT2D eigenvalue weighted by atomic mass is 9.87. The second-order valence-corrected chi connectivity index (χ2v) is 6.32. The third-order valence-electron chi connectivity index (χ3n) is 3.21. The molecular weight excluding hydrogens is 326 g/mol. The Bertz CT molecular complexity index is 536. The lowest BCUT2D eigenvalue weighted by molar-refractivity contribution is -0.157. The topological polar surface area (TPSA) is 110 Å². The molecule has 7 nitrogen and oxygen atoms in total. The zero-order valence-corrected chi connectivity index (χ0v) is 12.3. The average Bonchev–Trinajstić information content (AvgIpc) is 2.44. The highest BCUT2D eigenvalue weighted by Gasteiger charge is 2.40. The fourth-order valence-corrected chi connectivity index (χ4v) is 2.18. The Hall–Kier alpha value is -1.55. The van der Waals surface area contributed by atoms with Gasteiger partial charge < -0.3 is 14.0 Å². The molecule has 0 saturated heterocycles. The number of alkyl halides is 2. The van der Waals surface area contributed by atoms with Gasteiger partial charge in [-0.1, -0.05) is 6.58 Å². The van der Waals surface area contributed by atoms with Crippen LogP contribution in [0.3, 0.4) is 0 Å². The normalized spacial score (nSPS) is 22.7. The van der Waals surface area contributed by atoms with E-state index in [-0.39, 0.29) is 12.8 Å². The quantitative estimate of drug-likeness (QED) is 0.402. The van der Waals surface area contributed by atoms with E-state index in [1.165, 1.54) is 0 Å². The van der Waals surface area contributed by atoms with Gasteiger partial charge in [-0.2, -0.15) is 8.78 Å². The molecule has 0 heterocycles. The Labute approximate surface area is 126 Å². The summed E-state index contributed by atoms with van der Waals surface area (Å²) in [7, 11) is -5.88. The van der Waals surface area contributed by atoms with Crippen molar-refractivity contribution in [3.63, 3.8) is 0 Å². The van der Waals surface area contributed by atoms with Crippen molar-refractivity contribution in [3.05, 3.63) is 12.7 Å². The van der Waals surface area contributed by atoms with E-state index in [0.717, 1.165) is 6.08 Å². The average molecular weight is 341 g/mol. The van der Waals surface area contributed by atoms with Crippen LogP contribution in [0.15, 0.2) is 12.7 Å². The van der Waals surface area contributed by atoms with Gasteiger partial charge in [-0.25, -0.2) is 13.2 Å². The zero-order chi connectivity index (χ0) is 17.0. The molecule has 1 aliphatic rings. The summed E-state index contributed by atoms with van der Waals surface area (Å²) in [6, 6.07) is 0. The highest BCUT2D eigenvalue weighted by molar-refractivity contribution is 7.86. The highest BCUT2D eigenvalue weighted by Crippen LogP contribution is 2.28. The van der Waals surface area contributed by atoms with Crippen LogP contribution in [-0.4, -0.2) is 42.9 Å². The number of ether oxygens (including phenoxy) is 2. The molecule has 0 aromatic heterocycles. The maximum absolute atomic E-state index is 12.9. The van der Waals surface area contributed by atoms with Crippen molar-refractivity contribution in [2.75, 3.05) is 6.61 Å². The fraction of sp³-hybridized carbons (Fsp3) is 0.667. The van der Waals surface area contributed by atoms with Gasteiger partial charge in [0.25, 0.3) is 0 Å². The second kappa shape index (κ2) is 7.14. The van der Waals surface area contributed by atoms with Crippen LogP contribution < -0.4 is 0 Å². The second-order valence-electron chi connectivity index (χ2n) is 4.81. The van der Waals surface area contributed by atoms with Gasteiger partial charge in [0, 0.05) is 6.08 Å². The van der Waals surface area contributed by atoms with E-state index in [1.807, 2.05) is 0 Å². The smallest absolute Gasteiger partial charge is 0.367 e. The van der Waals surface area contributed by atoms with E-state index in [2.05, 4.69) is 11.3 Å². The third kappa shape index (κ3) is 5.02. The van der Waals surface area contributed by atoms with E-state index in [0.29, 0.717) is 12.8 Å². The van der Waals surface area contributed by atoms with E-state index in [1.54, 1.807) is 0 Å². The molecule has 126 valence electrons. The largest absolute Gasteiger partial charge is 0.743 e. The molecule has 0 N–H and O–H groups in total. The number of hydrogen-bond donors (Lipinski definition) is 0. The highest BCUT2D eigenvalue weighted by atomic mass is 32.2. The Morgan fingerprint density at radius 3 is 2.27 bits per heavy atom. The summed E-state index contributed by atoms with van der Waals surface area (Å²) in [4.78, 5) is 22.6. The number of esters is 2. The van der Waals surface area contributed by atoms with Crippen molar-refractivity contribution in [1.29, 1.82) is 0 Å². The molecule has 1 fully saturated rings. The Morgan fingerprint density at radius 1 is 1.27 bits per heavy atom. The van der Waals surface area contributed by atoms with E-state index in [9.17, 15) is 31.3 Å². The van der Waals surface area contributed by atoms with Crippen LogP contribution in [0, 0.1) is 5.92 Å². The maximum atomic E-state index is 12.9. The van der Waals surface area contributed by atoms with Crippen molar-refractivity contribution in [3.8, 4) is 0 Å². The van der Waals surface area contributed by atoms with Crippen LogP contribution in [0.25, 0.3) is 0 Å². The van der Waals surface area contributed by atoms with Crippen LogP contribution in [0.2, 0.25) is 0 Å². The fourth-order valence-electron chi connectivity index (χ4n) is 1.97. The van der Waals surface area contributed by atoms with Gasteiger partial charge in [-0.3, -0.25) is 4.79 Å². The van der Waals surface area contributed by atoms with Gasteiger partial charge in [-0.15, -0.1) is 0 Å². The molecule has 0 aromatic rings. The molecule has 1 aliphatic carbocycles. The van der Waals surface area contributed by atoms with Crippen molar-refractivity contribution < 1.29 is 40.8 Å². The summed E-state index contributed by atoms with van der Waals surface area (Å²) in [6.45, 7) is 1.44. The summed E-state index contributed by atoms with van der Waals surface area (Å²) in [5.74, 6) is -2.30. The first-order valence-corrected chi connectivity index (χ1v) is 7.80. The van der Waals surface area contributed by atoms with Gasteiger partial charge in [-0.05, 0) is 25.7 Å². The Kier molecular flexibility index (Phi) is 6.00. The summed E-state index contributed by atoms with van der Waals surface area (Å²) in [5.41, 5.74) is 0. The number of hydrogen-bond acceptors (Lipinski definition) is 7. The van der Waals surface area contributed by atoms with Crippen molar-refractivity contribution in [2.24, 2.45) is 5.92 Å². The first kappa shape index (κ1) is 18.5. The first-order valence-electron chi connectivity index (χ1n) is 6.40. The van der Waals surface area contributed by atoms with Gasteiger partial charge in [0.2, 0.25) is 0 Å². The maximum Gasteiger partial charge on any atom is 0.367 e. The summed E-state index contributed by atoms with van der Waals surface area (Å²) < 4.78 is 65.7. The van der Waals surface area contributed by atoms with Crippen LogP contribution in [0.5, 0.6) is 0 Å². The molecule has 0 radical (unpaired) electrons. The molecule has 0 spiro atoms. The molecule has 0 bridgehead atoms. The van der Waals surface area contributed by atoms with Crippen LogP contribution in [0.4, 0.5) is 8.78 Å². The van der Waals surface area contributed by atoms with Crippen LogP contribution in [0.1, 0.15) is 25.7 Å². The SMILES string of the molecule is C=CC(=O)OC1CCC(C(=O)OCC(F)(F)S(=O)(=O)[O-])CC1. The molecule has 0 aliphatic heterocycles. The molecule has 10 heteroatoms. The monoisotopic (exact) mass is 341 g/mol. The molecule has 1 saturated carbocycles. The number of carbonyl (C=O) groups excluding carboxylic acids is 2. The van der Waals surface area contributed by atoms with Crippen molar-refractivity contribution in [2.45, 2.75) is 37.0 Å². The summed E-state index contributed by atoms with van der Waals surface area (Å²) in [6.07, 6.45) is 1.78. The lowest BCUT2D eigenvalue weighted by Crippen LogP contribution is -2.36. The first-order chi connectivity index (χ1) is 10.1. The number of halogens is 2. The molecule has 0 unspecified atom stereocenters. The minimum atomic E-state index is -5.88. The predicted octanol–water partition coefficient (Wildman–Crippen LogP) is 0.956. The van der Waals surface area contributed by atoms with Gasteiger partial charge >= 0.3 is 17.2 Å². The number of rotatable bonds is 6. The zero-order valence-electron chi connectivity index (χ0n) is 11.5. The van der Waals surface area contributed by atoms with Crippen LogP contribution >= 0.6 is 0 Å².